The molecular formula is C23H15F3O5S. The fourth-order valence-electron chi connectivity index (χ4n) is 3.22. The van der Waals surface area contributed by atoms with Gasteiger partial charge in [0.05, 0.1) is 0 Å². The van der Waals surface area contributed by atoms with E-state index < -0.39 is 32.2 Å². The quantitative estimate of drug-likeness (QED) is 0.290. The van der Waals surface area contributed by atoms with E-state index in [2.05, 4.69) is 4.18 Å². The Morgan fingerprint density at radius 1 is 0.844 bits per heavy atom. The molecule has 4 rings (SSSR count). The first kappa shape index (κ1) is 21.6. The summed E-state index contributed by atoms with van der Waals surface area (Å²) in [6.45, 7) is 1.82. The number of alkyl halides is 3. The summed E-state index contributed by atoms with van der Waals surface area (Å²) < 4.78 is 72.5. The highest BCUT2D eigenvalue weighted by Crippen LogP contribution is 2.36. The Labute approximate surface area is 180 Å². The molecule has 5 nitrogen and oxygen atoms in total. The Morgan fingerprint density at radius 3 is 2.19 bits per heavy atom. The predicted molar refractivity (Wildman–Crippen MR) is 114 cm³/mol. The molecule has 3 aromatic carbocycles. The fraction of sp³-hybridized carbons (Fsp3) is 0.0870. The molecule has 0 atom stereocenters. The van der Waals surface area contributed by atoms with Crippen molar-refractivity contribution in [3.05, 3.63) is 88.6 Å². The Morgan fingerprint density at radius 2 is 1.53 bits per heavy atom. The molecule has 9 heteroatoms. The van der Waals surface area contributed by atoms with E-state index in [1.807, 2.05) is 13.0 Å². The van der Waals surface area contributed by atoms with Crippen LogP contribution in [0.4, 0.5) is 13.2 Å². The molecule has 0 aliphatic carbocycles. The van der Waals surface area contributed by atoms with Gasteiger partial charge in [0, 0.05) is 11.6 Å². The molecular weight excluding hydrogens is 445 g/mol. The van der Waals surface area contributed by atoms with Crippen molar-refractivity contribution in [3.63, 3.8) is 0 Å². The highest BCUT2D eigenvalue weighted by Gasteiger charge is 2.49. The number of benzene rings is 3. The van der Waals surface area contributed by atoms with Crippen LogP contribution in [-0.2, 0) is 10.1 Å². The molecule has 0 saturated heterocycles. The summed E-state index contributed by atoms with van der Waals surface area (Å²) in [5.74, 6) is -0.584. The number of hydrogen-bond acceptors (Lipinski definition) is 5. The lowest BCUT2D eigenvalue weighted by molar-refractivity contribution is -0.0499. The first-order chi connectivity index (χ1) is 15.0. The standard InChI is InChI=1S/C23H15F3O5S/c1-14-6-5-9-16(10-14)17-11-20-22(21(12-17)31-32(28,29)23(24,25)26)18(27)13-19(30-20)15-7-3-2-4-8-15/h2-13H,1H3. The highest BCUT2D eigenvalue weighted by atomic mass is 32.2. The largest absolute Gasteiger partial charge is 0.534 e. The third kappa shape index (κ3) is 4.11. The van der Waals surface area contributed by atoms with Crippen LogP contribution in [0.15, 0.2) is 82.0 Å². The van der Waals surface area contributed by atoms with Crippen LogP contribution >= 0.6 is 0 Å². The summed E-state index contributed by atoms with van der Waals surface area (Å²) in [7, 11) is -6.01. The predicted octanol–water partition coefficient (Wildman–Crippen LogP) is 5.66. The van der Waals surface area contributed by atoms with Crippen LogP contribution in [0.5, 0.6) is 5.75 Å². The normalized spacial score (nSPS) is 12.1. The van der Waals surface area contributed by atoms with Crippen molar-refractivity contribution in [1.82, 2.24) is 0 Å². The monoisotopic (exact) mass is 460 g/mol. The molecule has 32 heavy (non-hydrogen) atoms. The fourth-order valence-corrected chi connectivity index (χ4v) is 3.68. The topological polar surface area (TPSA) is 73.6 Å². The van der Waals surface area contributed by atoms with Crippen molar-refractivity contribution in [3.8, 4) is 28.2 Å². The maximum Gasteiger partial charge on any atom is 0.534 e. The van der Waals surface area contributed by atoms with Gasteiger partial charge in [0.1, 0.15) is 16.7 Å². The van der Waals surface area contributed by atoms with Gasteiger partial charge in [-0.15, -0.1) is 0 Å². The molecule has 1 aromatic heterocycles. The smallest absolute Gasteiger partial charge is 0.456 e. The molecule has 1 heterocycles. The van der Waals surface area contributed by atoms with E-state index >= 15 is 0 Å². The second-order valence-corrected chi connectivity index (χ2v) is 8.58. The van der Waals surface area contributed by atoms with Crippen molar-refractivity contribution in [2.45, 2.75) is 12.4 Å². The number of hydrogen-bond donors (Lipinski definition) is 0. The van der Waals surface area contributed by atoms with Crippen molar-refractivity contribution in [1.29, 1.82) is 0 Å². The molecule has 0 spiro atoms. The van der Waals surface area contributed by atoms with E-state index in [4.69, 9.17) is 4.42 Å². The third-order valence-electron chi connectivity index (χ3n) is 4.69. The summed E-state index contributed by atoms with van der Waals surface area (Å²) in [5.41, 5.74) is -4.18. The average Bonchev–Trinajstić information content (AvgIpc) is 2.72. The average molecular weight is 460 g/mol. The summed E-state index contributed by atoms with van der Waals surface area (Å²) in [6, 6.07) is 19.2. The van der Waals surface area contributed by atoms with Gasteiger partial charge in [0.25, 0.3) is 0 Å². The molecule has 0 radical (unpaired) electrons. The van der Waals surface area contributed by atoms with Crippen molar-refractivity contribution in [2.24, 2.45) is 0 Å². The van der Waals surface area contributed by atoms with E-state index in [1.54, 1.807) is 48.5 Å². The Bertz CT molecular complexity index is 1470. The van der Waals surface area contributed by atoms with Gasteiger partial charge in [0.15, 0.2) is 11.2 Å². The number of rotatable bonds is 4. The van der Waals surface area contributed by atoms with Gasteiger partial charge in [0.2, 0.25) is 0 Å². The highest BCUT2D eigenvalue weighted by molar-refractivity contribution is 7.88. The minimum atomic E-state index is -6.01. The van der Waals surface area contributed by atoms with Crippen molar-refractivity contribution in [2.75, 3.05) is 0 Å². The number of fused-ring (bicyclic) bond motifs is 1. The number of halogens is 3. The van der Waals surface area contributed by atoms with Crippen molar-refractivity contribution < 1.29 is 30.2 Å². The third-order valence-corrected chi connectivity index (χ3v) is 5.65. The van der Waals surface area contributed by atoms with Gasteiger partial charge in [-0.25, -0.2) is 0 Å². The van der Waals surface area contributed by atoms with Crippen LogP contribution in [0.2, 0.25) is 0 Å². The number of aryl methyl sites for hydroxylation is 1. The zero-order valence-corrected chi connectivity index (χ0v) is 17.3. The first-order valence-electron chi connectivity index (χ1n) is 9.30. The lowest BCUT2D eigenvalue weighted by Gasteiger charge is -2.13. The molecule has 0 aliphatic rings. The Balaban J connectivity index is 2.01. The van der Waals surface area contributed by atoms with E-state index in [0.29, 0.717) is 16.7 Å². The van der Waals surface area contributed by atoms with Gasteiger partial charge in [-0.1, -0.05) is 60.2 Å². The van der Waals surface area contributed by atoms with Crippen LogP contribution in [0.1, 0.15) is 5.56 Å². The molecule has 164 valence electrons. The molecule has 0 fully saturated rings. The zero-order chi connectivity index (χ0) is 23.1. The van der Waals surface area contributed by atoms with Gasteiger partial charge in [-0.2, -0.15) is 21.6 Å². The van der Waals surface area contributed by atoms with E-state index in [0.717, 1.165) is 17.7 Å². The van der Waals surface area contributed by atoms with Crippen LogP contribution in [-0.4, -0.2) is 13.9 Å². The molecule has 0 unspecified atom stereocenters. The van der Waals surface area contributed by atoms with Crippen LogP contribution in [0.3, 0.4) is 0 Å². The van der Waals surface area contributed by atoms with E-state index in [1.165, 1.54) is 6.07 Å². The zero-order valence-electron chi connectivity index (χ0n) is 16.5. The molecule has 0 bridgehead atoms. The second kappa shape index (κ2) is 7.83. The minimum Gasteiger partial charge on any atom is -0.456 e. The lowest BCUT2D eigenvalue weighted by atomic mass is 10.0. The molecule has 0 amide bonds. The van der Waals surface area contributed by atoms with Gasteiger partial charge in [-0.05, 0) is 30.2 Å². The van der Waals surface area contributed by atoms with Gasteiger partial charge in [-0.3, -0.25) is 4.79 Å². The molecule has 0 N–H and O–H groups in total. The molecule has 0 aliphatic heterocycles. The summed E-state index contributed by atoms with van der Waals surface area (Å²) in [5, 5.41) is -0.408. The van der Waals surface area contributed by atoms with E-state index in [-0.39, 0.29) is 11.3 Å². The van der Waals surface area contributed by atoms with Crippen LogP contribution in [0.25, 0.3) is 33.4 Å². The van der Waals surface area contributed by atoms with E-state index in [9.17, 15) is 26.4 Å². The van der Waals surface area contributed by atoms with Crippen LogP contribution in [0, 0.1) is 6.92 Å². The van der Waals surface area contributed by atoms with Crippen LogP contribution < -0.4 is 9.61 Å². The SMILES string of the molecule is Cc1cccc(-c2cc(OS(=O)(=O)C(F)(F)F)c3c(=O)cc(-c4ccccc4)oc3c2)c1. The Kier molecular flexibility index (Phi) is 5.29. The second-order valence-electron chi connectivity index (χ2n) is 7.04. The van der Waals surface area contributed by atoms with Crippen molar-refractivity contribution >= 4 is 21.1 Å². The van der Waals surface area contributed by atoms with Gasteiger partial charge >= 0.3 is 15.6 Å². The summed E-state index contributed by atoms with van der Waals surface area (Å²) in [4.78, 5) is 12.8. The summed E-state index contributed by atoms with van der Waals surface area (Å²) >= 11 is 0. The maximum atomic E-state index is 13.0. The molecule has 0 saturated carbocycles. The maximum absolute atomic E-state index is 13.0. The molecule has 4 aromatic rings. The Hall–Kier alpha value is -3.59. The lowest BCUT2D eigenvalue weighted by Crippen LogP contribution is -2.28. The minimum absolute atomic E-state index is 0.109. The summed E-state index contributed by atoms with van der Waals surface area (Å²) in [6.07, 6.45) is 0. The first-order valence-corrected chi connectivity index (χ1v) is 10.7. The van der Waals surface area contributed by atoms with Gasteiger partial charge < -0.3 is 8.60 Å².